The molecule has 0 aliphatic carbocycles. The van der Waals surface area contributed by atoms with E-state index < -0.39 is 0 Å². The van der Waals surface area contributed by atoms with Gasteiger partial charge < -0.3 is 10.1 Å². The fourth-order valence-corrected chi connectivity index (χ4v) is 4.78. The van der Waals surface area contributed by atoms with Crippen molar-refractivity contribution in [2.24, 2.45) is 5.41 Å². The smallest absolute Gasteiger partial charge is 0.160 e. The normalized spacial score (nSPS) is 21.3. The number of hydrogen-bond acceptors (Lipinski definition) is 5. The van der Waals surface area contributed by atoms with Gasteiger partial charge in [0.05, 0.1) is 17.3 Å². The third-order valence-electron chi connectivity index (χ3n) is 6.32. The van der Waals surface area contributed by atoms with Gasteiger partial charge in [0, 0.05) is 50.1 Å². The Morgan fingerprint density at radius 2 is 2.07 bits per heavy atom. The Hall–Kier alpha value is -1.66. The van der Waals surface area contributed by atoms with Gasteiger partial charge in [0.15, 0.2) is 5.65 Å². The number of rotatable bonds is 5. The first-order valence-electron chi connectivity index (χ1n) is 10.9. The van der Waals surface area contributed by atoms with Crippen molar-refractivity contribution in [3.8, 4) is 0 Å². The number of hydrogen-bond donors (Lipinski definition) is 1. The zero-order chi connectivity index (χ0) is 19.7. The average molecular weight is 386 g/mol. The Labute approximate surface area is 168 Å². The highest BCUT2D eigenvalue weighted by Gasteiger charge is 2.28. The zero-order valence-corrected chi connectivity index (χ0v) is 17.9. The Morgan fingerprint density at radius 3 is 2.79 bits per heavy atom. The molecule has 0 saturated carbocycles. The van der Waals surface area contributed by atoms with Gasteiger partial charge in [-0.25, -0.2) is 9.67 Å². The van der Waals surface area contributed by atoms with Gasteiger partial charge in [-0.15, -0.1) is 0 Å². The van der Waals surface area contributed by atoms with Crippen LogP contribution in [0.25, 0.3) is 11.0 Å². The van der Waals surface area contributed by atoms with Crippen LogP contribution in [0.2, 0.25) is 0 Å². The summed E-state index contributed by atoms with van der Waals surface area (Å²) in [6.45, 7) is 14.9. The number of ether oxygens (including phenoxy) is 1. The van der Waals surface area contributed by atoms with Crippen molar-refractivity contribution in [1.82, 2.24) is 19.7 Å². The van der Waals surface area contributed by atoms with Crippen LogP contribution < -0.4 is 5.32 Å². The molecule has 0 radical (unpaired) electrons. The first-order valence-corrected chi connectivity index (χ1v) is 10.9. The fourth-order valence-electron chi connectivity index (χ4n) is 4.78. The Kier molecular flexibility index (Phi) is 5.61. The van der Waals surface area contributed by atoms with Gasteiger partial charge in [-0.2, -0.15) is 5.10 Å². The molecule has 154 valence electrons. The molecule has 2 fully saturated rings. The summed E-state index contributed by atoms with van der Waals surface area (Å²) >= 11 is 0. The lowest BCUT2D eigenvalue weighted by molar-refractivity contribution is 0.0903. The summed E-state index contributed by atoms with van der Waals surface area (Å²) in [6, 6.07) is 0.459. The average Bonchev–Trinajstić information content (AvgIpc) is 3.07. The van der Waals surface area contributed by atoms with Crippen molar-refractivity contribution in [2.75, 3.05) is 31.6 Å². The molecule has 0 unspecified atom stereocenters. The second-order valence-electron chi connectivity index (χ2n) is 9.26. The molecule has 1 N–H and O–H groups in total. The van der Waals surface area contributed by atoms with Gasteiger partial charge in [-0.05, 0) is 51.5 Å². The lowest BCUT2D eigenvalue weighted by Crippen LogP contribution is -2.40. The number of piperidine rings is 1. The maximum Gasteiger partial charge on any atom is 0.160 e. The van der Waals surface area contributed by atoms with Gasteiger partial charge in [0.25, 0.3) is 0 Å². The SMILES string of the molecule is CCn1ncc2c(NC3CCOCC3)c(CN3CCCC(C)(C)C3)c(C)nc21. The molecule has 0 spiro atoms. The van der Waals surface area contributed by atoms with E-state index in [4.69, 9.17) is 9.72 Å². The summed E-state index contributed by atoms with van der Waals surface area (Å²) in [7, 11) is 0. The minimum atomic E-state index is 0.394. The van der Waals surface area contributed by atoms with Crippen LogP contribution in [0.4, 0.5) is 5.69 Å². The summed E-state index contributed by atoms with van der Waals surface area (Å²) in [5.74, 6) is 0. The summed E-state index contributed by atoms with van der Waals surface area (Å²) in [5.41, 5.74) is 5.10. The van der Waals surface area contributed by atoms with Gasteiger partial charge in [-0.3, -0.25) is 4.90 Å². The molecule has 28 heavy (non-hydrogen) atoms. The molecular formula is C22H35N5O. The highest BCUT2D eigenvalue weighted by atomic mass is 16.5. The second kappa shape index (κ2) is 7.99. The van der Waals surface area contributed by atoms with Crippen LogP contribution >= 0.6 is 0 Å². The van der Waals surface area contributed by atoms with Crippen molar-refractivity contribution in [3.63, 3.8) is 0 Å². The largest absolute Gasteiger partial charge is 0.381 e. The third kappa shape index (κ3) is 4.03. The molecule has 0 bridgehead atoms. The molecule has 2 aromatic heterocycles. The Morgan fingerprint density at radius 1 is 1.29 bits per heavy atom. The molecule has 0 amide bonds. The highest BCUT2D eigenvalue weighted by Crippen LogP contribution is 2.34. The van der Waals surface area contributed by atoms with Crippen LogP contribution in [0.1, 0.15) is 57.7 Å². The van der Waals surface area contributed by atoms with Gasteiger partial charge in [-0.1, -0.05) is 13.8 Å². The van der Waals surface area contributed by atoms with E-state index >= 15 is 0 Å². The maximum absolute atomic E-state index is 5.57. The maximum atomic E-state index is 5.57. The summed E-state index contributed by atoms with van der Waals surface area (Å²) in [6.07, 6.45) is 6.70. The van der Waals surface area contributed by atoms with E-state index in [9.17, 15) is 0 Å². The van der Waals surface area contributed by atoms with Gasteiger partial charge in [0.1, 0.15) is 0 Å². The number of aromatic nitrogens is 3. The number of pyridine rings is 1. The van der Waals surface area contributed by atoms with Crippen molar-refractivity contribution >= 4 is 16.7 Å². The zero-order valence-electron chi connectivity index (χ0n) is 17.9. The molecule has 6 nitrogen and oxygen atoms in total. The predicted octanol–water partition coefficient (Wildman–Crippen LogP) is 3.97. The van der Waals surface area contributed by atoms with Crippen LogP contribution in [0, 0.1) is 12.3 Å². The molecule has 2 saturated heterocycles. The van der Waals surface area contributed by atoms with Crippen LogP contribution in [0.15, 0.2) is 6.20 Å². The summed E-state index contributed by atoms with van der Waals surface area (Å²) < 4.78 is 7.57. The molecule has 0 aromatic carbocycles. The molecule has 2 aromatic rings. The predicted molar refractivity (Wildman–Crippen MR) is 114 cm³/mol. The Bertz CT molecular complexity index is 822. The van der Waals surface area contributed by atoms with Crippen LogP contribution in [0.3, 0.4) is 0 Å². The van der Waals surface area contributed by atoms with Crippen LogP contribution in [-0.2, 0) is 17.8 Å². The topological polar surface area (TPSA) is 55.2 Å². The Balaban J connectivity index is 1.70. The van der Waals surface area contributed by atoms with E-state index in [1.54, 1.807) is 0 Å². The molecular weight excluding hydrogens is 350 g/mol. The van der Waals surface area contributed by atoms with E-state index in [0.717, 1.165) is 62.4 Å². The van der Waals surface area contributed by atoms with Crippen molar-refractivity contribution in [3.05, 3.63) is 17.5 Å². The summed E-state index contributed by atoms with van der Waals surface area (Å²) in [5, 5.41) is 9.63. The first-order chi connectivity index (χ1) is 13.5. The van der Waals surface area contributed by atoms with E-state index in [-0.39, 0.29) is 0 Å². The minimum absolute atomic E-state index is 0.394. The van der Waals surface area contributed by atoms with E-state index in [1.807, 2.05) is 10.9 Å². The molecule has 0 atom stereocenters. The number of aryl methyl sites for hydroxylation is 2. The fraction of sp³-hybridized carbons (Fsp3) is 0.727. The number of likely N-dealkylation sites (tertiary alicyclic amines) is 1. The van der Waals surface area contributed by atoms with Crippen molar-refractivity contribution in [2.45, 2.75) is 72.5 Å². The molecule has 2 aliphatic heterocycles. The lowest BCUT2D eigenvalue weighted by atomic mass is 9.84. The number of fused-ring (bicyclic) bond motifs is 1. The standard InChI is InChI=1S/C22H35N5O/c1-5-27-21-18(13-23-27)20(25-17-7-11-28-12-8-17)19(16(2)24-21)14-26-10-6-9-22(3,4)15-26/h13,17H,5-12,14-15H2,1-4H3,(H,24,25). The third-order valence-corrected chi connectivity index (χ3v) is 6.32. The van der Waals surface area contributed by atoms with E-state index in [1.165, 1.54) is 30.6 Å². The van der Waals surface area contributed by atoms with Gasteiger partial charge in [0.2, 0.25) is 0 Å². The van der Waals surface area contributed by atoms with Crippen molar-refractivity contribution < 1.29 is 4.74 Å². The minimum Gasteiger partial charge on any atom is -0.381 e. The molecule has 4 heterocycles. The lowest BCUT2D eigenvalue weighted by Gasteiger charge is -2.38. The van der Waals surface area contributed by atoms with E-state index in [0.29, 0.717) is 11.5 Å². The van der Waals surface area contributed by atoms with Crippen molar-refractivity contribution in [1.29, 1.82) is 0 Å². The van der Waals surface area contributed by atoms with Crippen LogP contribution in [-0.4, -0.2) is 52.0 Å². The van der Waals surface area contributed by atoms with E-state index in [2.05, 4.69) is 43.0 Å². The molecule has 4 rings (SSSR count). The number of anilines is 1. The monoisotopic (exact) mass is 385 g/mol. The van der Waals surface area contributed by atoms with Crippen LogP contribution in [0.5, 0.6) is 0 Å². The second-order valence-corrected chi connectivity index (χ2v) is 9.26. The highest BCUT2D eigenvalue weighted by molar-refractivity contribution is 5.91. The first kappa shape index (κ1) is 19.6. The number of nitrogens with one attached hydrogen (secondary N) is 1. The molecule has 6 heteroatoms. The number of nitrogens with zero attached hydrogens (tertiary/aromatic N) is 4. The van der Waals surface area contributed by atoms with Gasteiger partial charge >= 0.3 is 0 Å². The summed E-state index contributed by atoms with van der Waals surface area (Å²) in [4.78, 5) is 7.58. The molecule has 2 aliphatic rings. The quantitative estimate of drug-likeness (QED) is 0.844.